The summed E-state index contributed by atoms with van der Waals surface area (Å²) in [7, 11) is 0. The van der Waals surface area contributed by atoms with Crippen molar-refractivity contribution in [2.45, 2.75) is 18.0 Å². The highest BCUT2D eigenvalue weighted by atomic mass is 35.5. The molecule has 0 fully saturated rings. The highest BCUT2D eigenvalue weighted by Gasteiger charge is 2.13. The molecule has 1 aromatic carbocycles. The third-order valence-corrected chi connectivity index (χ3v) is 3.97. The SMILES string of the molecule is CSc1nnc(CCCO)n1-c1ccc(Cl)c(Cl)c1. The zero-order valence-electron chi connectivity index (χ0n) is 10.3. The third kappa shape index (κ3) is 3.23. The summed E-state index contributed by atoms with van der Waals surface area (Å²) in [6.07, 6.45) is 3.24. The molecule has 19 heavy (non-hydrogen) atoms. The number of thioether (sulfide) groups is 1. The Morgan fingerprint density at radius 2 is 2.05 bits per heavy atom. The maximum atomic E-state index is 8.93. The number of aryl methyl sites for hydroxylation is 1. The Kier molecular flexibility index (Phi) is 5.10. The van der Waals surface area contributed by atoms with Gasteiger partial charge in [-0.05, 0) is 30.9 Å². The van der Waals surface area contributed by atoms with Crippen molar-refractivity contribution in [1.82, 2.24) is 14.8 Å². The maximum Gasteiger partial charge on any atom is 0.195 e. The number of aliphatic hydroxyl groups excluding tert-OH is 1. The van der Waals surface area contributed by atoms with Gasteiger partial charge in [0.05, 0.1) is 15.7 Å². The van der Waals surface area contributed by atoms with E-state index in [1.165, 1.54) is 11.8 Å². The molecule has 102 valence electrons. The van der Waals surface area contributed by atoms with Crippen molar-refractivity contribution in [2.24, 2.45) is 0 Å². The molecule has 0 aliphatic rings. The van der Waals surface area contributed by atoms with Crippen LogP contribution in [0.1, 0.15) is 12.2 Å². The van der Waals surface area contributed by atoms with Crippen molar-refractivity contribution in [3.63, 3.8) is 0 Å². The van der Waals surface area contributed by atoms with Gasteiger partial charge in [0.1, 0.15) is 5.82 Å². The fraction of sp³-hybridized carbons (Fsp3) is 0.333. The first kappa shape index (κ1) is 14.7. The average Bonchev–Trinajstić information content (AvgIpc) is 2.82. The minimum atomic E-state index is 0.128. The second-order valence-electron chi connectivity index (χ2n) is 3.86. The number of halogens is 2. The molecule has 1 aromatic heterocycles. The molecule has 4 nitrogen and oxygen atoms in total. The second-order valence-corrected chi connectivity index (χ2v) is 5.45. The molecule has 0 amide bonds. The molecule has 1 heterocycles. The first-order chi connectivity index (χ1) is 9.17. The van der Waals surface area contributed by atoms with E-state index in [0.29, 0.717) is 22.9 Å². The molecule has 0 saturated heterocycles. The van der Waals surface area contributed by atoms with Crippen molar-refractivity contribution in [3.05, 3.63) is 34.1 Å². The first-order valence-corrected chi connectivity index (χ1v) is 7.70. The van der Waals surface area contributed by atoms with Gasteiger partial charge in [-0.2, -0.15) is 0 Å². The molecule has 0 bridgehead atoms. The van der Waals surface area contributed by atoms with Crippen LogP contribution in [0.2, 0.25) is 10.0 Å². The fourth-order valence-electron chi connectivity index (χ4n) is 1.72. The molecule has 0 radical (unpaired) electrons. The van der Waals surface area contributed by atoms with Gasteiger partial charge in [0, 0.05) is 13.0 Å². The van der Waals surface area contributed by atoms with Gasteiger partial charge in [-0.3, -0.25) is 4.57 Å². The van der Waals surface area contributed by atoms with E-state index in [4.69, 9.17) is 28.3 Å². The van der Waals surface area contributed by atoms with Crippen LogP contribution in [0.15, 0.2) is 23.4 Å². The molecular weight excluding hydrogens is 305 g/mol. The van der Waals surface area contributed by atoms with Crippen LogP contribution in [-0.4, -0.2) is 32.7 Å². The number of hydrogen-bond donors (Lipinski definition) is 1. The summed E-state index contributed by atoms with van der Waals surface area (Å²) >= 11 is 13.5. The summed E-state index contributed by atoms with van der Waals surface area (Å²) in [4.78, 5) is 0. The quantitative estimate of drug-likeness (QED) is 0.860. The van der Waals surface area contributed by atoms with Crippen LogP contribution in [0.5, 0.6) is 0 Å². The van der Waals surface area contributed by atoms with E-state index in [1.807, 2.05) is 16.9 Å². The number of rotatable bonds is 5. The molecule has 0 spiro atoms. The predicted molar refractivity (Wildman–Crippen MR) is 78.6 cm³/mol. The zero-order valence-corrected chi connectivity index (χ0v) is 12.6. The van der Waals surface area contributed by atoms with Crippen molar-refractivity contribution >= 4 is 35.0 Å². The second kappa shape index (κ2) is 6.61. The number of aliphatic hydroxyl groups is 1. The minimum absolute atomic E-state index is 0.128. The van der Waals surface area contributed by atoms with Gasteiger partial charge in [-0.25, -0.2) is 0 Å². The van der Waals surface area contributed by atoms with Gasteiger partial charge in [0.2, 0.25) is 0 Å². The van der Waals surface area contributed by atoms with E-state index in [9.17, 15) is 0 Å². The maximum absolute atomic E-state index is 8.93. The van der Waals surface area contributed by atoms with Crippen LogP contribution in [0.25, 0.3) is 5.69 Å². The molecular formula is C12H13Cl2N3OS. The Hall–Kier alpha value is -0.750. The lowest BCUT2D eigenvalue weighted by atomic mass is 10.2. The lowest BCUT2D eigenvalue weighted by Crippen LogP contribution is -2.04. The summed E-state index contributed by atoms with van der Waals surface area (Å²) in [5.41, 5.74) is 0.872. The van der Waals surface area contributed by atoms with E-state index in [-0.39, 0.29) is 6.61 Å². The van der Waals surface area contributed by atoms with Crippen LogP contribution in [-0.2, 0) is 6.42 Å². The van der Waals surface area contributed by atoms with Crippen LogP contribution < -0.4 is 0 Å². The minimum Gasteiger partial charge on any atom is -0.396 e. The monoisotopic (exact) mass is 317 g/mol. The molecule has 0 unspecified atom stereocenters. The number of nitrogens with zero attached hydrogens (tertiary/aromatic N) is 3. The first-order valence-electron chi connectivity index (χ1n) is 5.72. The van der Waals surface area contributed by atoms with E-state index in [2.05, 4.69) is 10.2 Å². The van der Waals surface area contributed by atoms with Crippen molar-refractivity contribution in [2.75, 3.05) is 12.9 Å². The van der Waals surface area contributed by atoms with Gasteiger partial charge < -0.3 is 5.11 Å². The molecule has 0 aliphatic carbocycles. The molecule has 0 aliphatic heterocycles. The summed E-state index contributed by atoms with van der Waals surface area (Å²) in [5.74, 6) is 0.803. The summed E-state index contributed by atoms with van der Waals surface area (Å²) in [6, 6.07) is 5.41. The highest BCUT2D eigenvalue weighted by molar-refractivity contribution is 7.98. The van der Waals surface area contributed by atoms with Crippen LogP contribution in [0.3, 0.4) is 0 Å². The Morgan fingerprint density at radius 3 is 2.68 bits per heavy atom. The lowest BCUT2D eigenvalue weighted by molar-refractivity contribution is 0.287. The third-order valence-electron chi connectivity index (χ3n) is 2.60. The summed E-state index contributed by atoms with van der Waals surface area (Å²) in [5, 5.41) is 19.0. The van der Waals surface area contributed by atoms with Crippen molar-refractivity contribution < 1.29 is 5.11 Å². The standard InChI is InChI=1S/C12H13Cl2N3OS/c1-19-12-16-15-11(3-2-6-18)17(12)8-4-5-9(13)10(14)7-8/h4-5,7,18H,2-3,6H2,1H3. The predicted octanol–water partition coefficient (Wildman–Crippen LogP) is 3.22. The smallest absolute Gasteiger partial charge is 0.195 e. The van der Waals surface area contributed by atoms with Crippen LogP contribution in [0.4, 0.5) is 0 Å². The summed E-state index contributed by atoms with van der Waals surface area (Å²) in [6.45, 7) is 0.128. The molecule has 2 rings (SSSR count). The Morgan fingerprint density at radius 1 is 1.26 bits per heavy atom. The molecule has 7 heteroatoms. The Balaban J connectivity index is 2.45. The number of aromatic nitrogens is 3. The fourth-order valence-corrected chi connectivity index (χ4v) is 2.52. The molecule has 0 saturated carbocycles. The van der Waals surface area contributed by atoms with E-state index < -0.39 is 0 Å². The Bertz CT molecular complexity index is 574. The van der Waals surface area contributed by atoms with Gasteiger partial charge in [-0.15, -0.1) is 10.2 Å². The average molecular weight is 318 g/mol. The number of benzene rings is 1. The highest BCUT2D eigenvalue weighted by Crippen LogP contribution is 2.27. The molecule has 1 N–H and O–H groups in total. The van der Waals surface area contributed by atoms with Gasteiger partial charge in [0.15, 0.2) is 5.16 Å². The van der Waals surface area contributed by atoms with Crippen LogP contribution in [0, 0.1) is 0 Å². The van der Waals surface area contributed by atoms with E-state index in [1.54, 1.807) is 12.1 Å². The Labute approximate surface area is 125 Å². The van der Waals surface area contributed by atoms with Gasteiger partial charge >= 0.3 is 0 Å². The van der Waals surface area contributed by atoms with Gasteiger partial charge in [0.25, 0.3) is 0 Å². The van der Waals surface area contributed by atoms with Crippen molar-refractivity contribution in [1.29, 1.82) is 0 Å². The van der Waals surface area contributed by atoms with E-state index >= 15 is 0 Å². The summed E-state index contributed by atoms with van der Waals surface area (Å²) < 4.78 is 1.93. The zero-order chi connectivity index (χ0) is 13.8. The van der Waals surface area contributed by atoms with Gasteiger partial charge in [-0.1, -0.05) is 35.0 Å². The topological polar surface area (TPSA) is 50.9 Å². The van der Waals surface area contributed by atoms with E-state index in [0.717, 1.165) is 16.7 Å². The van der Waals surface area contributed by atoms with Crippen LogP contribution >= 0.6 is 35.0 Å². The lowest BCUT2D eigenvalue weighted by Gasteiger charge is -2.10. The largest absolute Gasteiger partial charge is 0.396 e. The van der Waals surface area contributed by atoms with Crippen molar-refractivity contribution in [3.8, 4) is 5.69 Å². The molecule has 0 atom stereocenters. The number of hydrogen-bond acceptors (Lipinski definition) is 4. The normalized spacial score (nSPS) is 10.9. The molecule has 2 aromatic rings.